The number of carbonyl (C=O) groups is 2. The van der Waals surface area contributed by atoms with Gasteiger partial charge < -0.3 is 19.9 Å². The van der Waals surface area contributed by atoms with Crippen LogP contribution in [-0.4, -0.2) is 42.8 Å². The van der Waals surface area contributed by atoms with Gasteiger partial charge in [0, 0.05) is 11.6 Å². The summed E-state index contributed by atoms with van der Waals surface area (Å²) in [4.78, 5) is 21.9. The zero-order valence-corrected chi connectivity index (χ0v) is 11.7. The Bertz CT molecular complexity index is 449. The van der Waals surface area contributed by atoms with E-state index in [0.717, 1.165) is 0 Å². The van der Waals surface area contributed by atoms with Crippen molar-refractivity contribution >= 4 is 23.5 Å². The molecule has 0 saturated carbocycles. The molecule has 1 atom stereocenters. The summed E-state index contributed by atoms with van der Waals surface area (Å²) in [6.45, 7) is 1.58. The number of halogens is 1. The summed E-state index contributed by atoms with van der Waals surface area (Å²) < 4.78 is 10.2. The van der Waals surface area contributed by atoms with Gasteiger partial charge in [0.2, 0.25) is 0 Å². The topological polar surface area (TPSA) is 84.9 Å². The highest BCUT2D eigenvalue weighted by atomic mass is 35.5. The van der Waals surface area contributed by atoms with Crippen LogP contribution in [0.5, 0.6) is 5.75 Å². The van der Waals surface area contributed by atoms with Crippen LogP contribution in [0.2, 0.25) is 5.02 Å². The van der Waals surface area contributed by atoms with E-state index in [1.54, 1.807) is 31.2 Å². The molecular formula is C13H16ClNO5. The highest BCUT2D eigenvalue weighted by molar-refractivity contribution is 6.30. The van der Waals surface area contributed by atoms with E-state index in [4.69, 9.17) is 26.2 Å². The molecule has 20 heavy (non-hydrogen) atoms. The van der Waals surface area contributed by atoms with Gasteiger partial charge in [0.15, 0.2) is 6.10 Å². The summed E-state index contributed by atoms with van der Waals surface area (Å²) in [6, 6.07) is 6.67. The number of carbonyl (C=O) groups excluding carboxylic acids is 1. The Hall–Kier alpha value is -1.79. The minimum atomic E-state index is -1.05. The second-order valence-corrected chi connectivity index (χ2v) is 4.39. The number of aliphatic carboxylic acids is 1. The fourth-order valence-corrected chi connectivity index (χ4v) is 1.45. The summed E-state index contributed by atoms with van der Waals surface area (Å²) in [7, 11) is 0. The van der Waals surface area contributed by atoms with Crippen LogP contribution in [0.25, 0.3) is 0 Å². The third-order valence-corrected chi connectivity index (χ3v) is 2.52. The monoisotopic (exact) mass is 301 g/mol. The zero-order chi connectivity index (χ0) is 15.0. The van der Waals surface area contributed by atoms with Crippen molar-refractivity contribution in [2.24, 2.45) is 0 Å². The zero-order valence-electron chi connectivity index (χ0n) is 11.0. The molecule has 0 aromatic heterocycles. The van der Waals surface area contributed by atoms with Crippen molar-refractivity contribution in [3.8, 4) is 5.75 Å². The van der Waals surface area contributed by atoms with Crippen molar-refractivity contribution in [3.05, 3.63) is 29.3 Å². The van der Waals surface area contributed by atoms with Gasteiger partial charge in [0.05, 0.1) is 6.61 Å². The molecule has 0 spiro atoms. The van der Waals surface area contributed by atoms with Gasteiger partial charge in [-0.25, -0.2) is 4.79 Å². The average molecular weight is 302 g/mol. The molecule has 110 valence electrons. The molecule has 0 aliphatic carbocycles. The van der Waals surface area contributed by atoms with Crippen LogP contribution >= 0.6 is 11.6 Å². The van der Waals surface area contributed by atoms with Crippen LogP contribution in [0.4, 0.5) is 0 Å². The van der Waals surface area contributed by atoms with Crippen LogP contribution in [0.3, 0.4) is 0 Å². The Morgan fingerprint density at radius 1 is 1.35 bits per heavy atom. The number of nitrogens with one attached hydrogen (secondary N) is 1. The predicted octanol–water partition coefficient (Wildman–Crippen LogP) is 1.32. The fraction of sp³-hybridized carbons (Fsp3) is 0.385. The van der Waals surface area contributed by atoms with E-state index in [-0.39, 0.29) is 25.7 Å². The van der Waals surface area contributed by atoms with Crippen LogP contribution in [-0.2, 0) is 14.3 Å². The molecule has 6 nitrogen and oxygen atoms in total. The lowest BCUT2D eigenvalue weighted by molar-refractivity contribution is -0.142. The first-order valence-electron chi connectivity index (χ1n) is 5.98. The van der Waals surface area contributed by atoms with Gasteiger partial charge in [-0.2, -0.15) is 0 Å². The summed E-state index contributed by atoms with van der Waals surface area (Å²) in [5.41, 5.74) is 0. The van der Waals surface area contributed by atoms with E-state index < -0.39 is 12.1 Å². The third kappa shape index (κ3) is 6.40. The van der Waals surface area contributed by atoms with Crippen LogP contribution in [0.1, 0.15) is 6.92 Å². The summed E-state index contributed by atoms with van der Waals surface area (Å²) in [6.07, 6.45) is -0.671. The highest BCUT2D eigenvalue weighted by Gasteiger charge is 2.13. The van der Waals surface area contributed by atoms with E-state index in [0.29, 0.717) is 10.8 Å². The Morgan fingerprint density at radius 2 is 2.00 bits per heavy atom. The quantitative estimate of drug-likeness (QED) is 0.708. The predicted molar refractivity (Wildman–Crippen MR) is 73.0 cm³/mol. The highest BCUT2D eigenvalue weighted by Crippen LogP contribution is 2.16. The molecule has 1 rings (SSSR count). The van der Waals surface area contributed by atoms with Gasteiger partial charge in [0.25, 0.3) is 5.91 Å². The molecule has 1 unspecified atom stereocenters. The first kappa shape index (κ1) is 16.3. The molecule has 0 heterocycles. The number of benzene rings is 1. The number of carboxylic acids is 1. The van der Waals surface area contributed by atoms with Crippen molar-refractivity contribution in [2.75, 3.05) is 19.8 Å². The normalized spacial score (nSPS) is 11.7. The average Bonchev–Trinajstić information content (AvgIpc) is 2.40. The van der Waals surface area contributed by atoms with Gasteiger partial charge in [-0.15, -0.1) is 0 Å². The van der Waals surface area contributed by atoms with E-state index >= 15 is 0 Å². The summed E-state index contributed by atoms with van der Waals surface area (Å²) >= 11 is 5.74. The van der Waals surface area contributed by atoms with E-state index in [1.807, 2.05) is 0 Å². The molecule has 1 amide bonds. The molecule has 0 fully saturated rings. The summed E-state index contributed by atoms with van der Waals surface area (Å²) in [5.74, 6) is -0.811. The van der Waals surface area contributed by atoms with Crippen molar-refractivity contribution in [1.29, 1.82) is 0 Å². The van der Waals surface area contributed by atoms with Crippen LogP contribution in [0.15, 0.2) is 24.3 Å². The van der Waals surface area contributed by atoms with E-state index in [9.17, 15) is 9.59 Å². The lowest BCUT2D eigenvalue weighted by Gasteiger charge is -2.14. The maximum absolute atomic E-state index is 11.7. The molecule has 0 saturated heterocycles. The molecule has 0 aliphatic heterocycles. The molecule has 0 radical (unpaired) electrons. The largest absolute Gasteiger partial charge is 0.481 e. The summed E-state index contributed by atoms with van der Waals surface area (Å²) in [5, 5.41) is 11.5. The SMILES string of the molecule is CC(Oc1ccc(Cl)cc1)C(=O)NCCOCC(=O)O. The van der Waals surface area contributed by atoms with Crippen LogP contribution < -0.4 is 10.1 Å². The second-order valence-electron chi connectivity index (χ2n) is 3.95. The van der Waals surface area contributed by atoms with E-state index in [1.165, 1.54) is 0 Å². The first-order valence-corrected chi connectivity index (χ1v) is 6.36. The Balaban J connectivity index is 2.25. The Morgan fingerprint density at radius 3 is 2.60 bits per heavy atom. The lowest BCUT2D eigenvalue weighted by atomic mass is 10.3. The van der Waals surface area contributed by atoms with E-state index in [2.05, 4.69) is 5.32 Å². The maximum Gasteiger partial charge on any atom is 0.329 e. The Labute approximate surface area is 121 Å². The molecule has 0 aliphatic rings. The van der Waals surface area contributed by atoms with Crippen molar-refractivity contribution in [2.45, 2.75) is 13.0 Å². The standard InChI is InChI=1S/C13H16ClNO5/c1-9(20-11-4-2-10(14)3-5-11)13(18)15-6-7-19-8-12(16)17/h2-5,9H,6-8H2,1H3,(H,15,18)(H,16,17). The number of carboxylic acid groups (broad SMARTS) is 1. The first-order chi connectivity index (χ1) is 9.49. The smallest absolute Gasteiger partial charge is 0.329 e. The minimum Gasteiger partial charge on any atom is -0.481 e. The minimum absolute atomic E-state index is 0.131. The van der Waals surface area contributed by atoms with Crippen molar-refractivity contribution in [1.82, 2.24) is 5.32 Å². The van der Waals surface area contributed by atoms with Crippen LogP contribution in [0, 0.1) is 0 Å². The van der Waals surface area contributed by atoms with Gasteiger partial charge in [-0.1, -0.05) is 11.6 Å². The van der Waals surface area contributed by atoms with Gasteiger partial charge >= 0.3 is 5.97 Å². The molecule has 1 aromatic carbocycles. The Kier molecular flexibility index (Phi) is 6.83. The molecule has 7 heteroatoms. The number of hydrogen-bond acceptors (Lipinski definition) is 4. The second kappa shape index (κ2) is 8.39. The molecule has 1 aromatic rings. The van der Waals surface area contributed by atoms with Gasteiger partial charge in [-0.05, 0) is 31.2 Å². The molecule has 0 bridgehead atoms. The fourth-order valence-electron chi connectivity index (χ4n) is 1.32. The number of ether oxygens (including phenoxy) is 2. The number of rotatable bonds is 8. The van der Waals surface area contributed by atoms with Crippen molar-refractivity contribution < 1.29 is 24.2 Å². The number of amides is 1. The molecular weight excluding hydrogens is 286 g/mol. The van der Waals surface area contributed by atoms with Crippen molar-refractivity contribution in [3.63, 3.8) is 0 Å². The number of hydrogen-bond donors (Lipinski definition) is 2. The van der Waals surface area contributed by atoms with Gasteiger partial charge in [0.1, 0.15) is 12.4 Å². The lowest BCUT2D eigenvalue weighted by Crippen LogP contribution is -2.38. The van der Waals surface area contributed by atoms with Gasteiger partial charge in [-0.3, -0.25) is 4.79 Å². The molecule has 2 N–H and O–H groups in total. The third-order valence-electron chi connectivity index (χ3n) is 2.27. The maximum atomic E-state index is 11.7.